The molecule has 1 aliphatic carbocycles. The van der Waals surface area contributed by atoms with Crippen molar-refractivity contribution >= 4 is 11.9 Å². The Morgan fingerprint density at radius 1 is 1.31 bits per heavy atom. The third kappa shape index (κ3) is 4.60. The van der Waals surface area contributed by atoms with E-state index < -0.39 is 0 Å². The van der Waals surface area contributed by atoms with Crippen molar-refractivity contribution in [1.29, 1.82) is 0 Å². The van der Waals surface area contributed by atoms with Crippen molar-refractivity contribution < 1.29 is 28.5 Å². The summed E-state index contributed by atoms with van der Waals surface area (Å²) in [5.74, 6) is 0.494. The molecule has 3 fully saturated rings. The zero-order valence-electron chi connectivity index (χ0n) is 19.4. The molecular formula is C23H33N3O6. The summed E-state index contributed by atoms with van der Waals surface area (Å²) in [5.41, 5.74) is 0.670. The van der Waals surface area contributed by atoms with Crippen LogP contribution in [0.4, 0.5) is 5.95 Å². The molecule has 1 aromatic rings. The topological polar surface area (TPSA) is 108 Å². The molecule has 176 valence electrons. The quantitative estimate of drug-likeness (QED) is 0.347. The first-order valence-corrected chi connectivity index (χ1v) is 11.1. The smallest absolute Gasteiger partial charge is 0.325 e. The Morgan fingerprint density at radius 2 is 2.03 bits per heavy atom. The minimum Gasteiger partial charge on any atom is -0.494 e. The molecule has 0 amide bonds. The standard InChI is InChI=1S/C23H33N3O6/c1-14(2)6-7-17-22(3,32-17)20-19(29-5)16(8-9-23(20)13-30-23)31-18(27)12-26-21-24-10-15(28-4)11-25-21/h6,10-11,16-17,19-20H,7-9,12-13H2,1-5H3,(H,24,25,26)/t16-,17?,19-,20-,22+,23+/m1/s1. The van der Waals surface area contributed by atoms with Gasteiger partial charge in [-0.2, -0.15) is 0 Å². The van der Waals surface area contributed by atoms with Gasteiger partial charge in [-0.25, -0.2) is 9.97 Å². The van der Waals surface area contributed by atoms with Crippen molar-refractivity contribution in [2.45, 2.75) is 69.5 Å². The predicted octanol–water partition coefficient (Wildman–Crippen LogP) is 2.52. The summed E-state index contributed by atoms with van der Waals surface area (Å²) in [6, 6.07) is 0. The number of hydrogen-bond donors (Lipinski definition) is 1. The van der Waals surface area contributed by atoms with Gasteiger partial charge in [0, 0.05) is 7.11 Å². The Bertz CT molecular complexity index is 852. The fourth-order valence-corrected chi connectivity index (χ4v) is 4.94. The lowest BCUT2D eigenvalue weighted by molar-refractivity contribution is -0.170. The first-order chi connectivity index (χ1) is 15.3. The fourth-order valence-electron chi connectivity index (χ4n) is 4.94. The van der Waals surface area contributed by atoms with Crippen LogP contribution >= 0.6 is 0 Å². The van der Waals surface area contributed by atoms with E-state index in [0.29, 0.717) is 24.7 Å². The highest BCUT2D eigenvalue weighted by molar-refractivity contribution is 5.74. The Morgan fingerprint density at radius 3 is 2.62 bits per heavy atom. The SMILES string of the molecule is COc1cnc(NCC(=O)O[C@@H]2CC[C@]3(CO3)[C@@H]([C@@]3(C)OC3CC=C(C)C)[C@@H]2OC)nc1. The van der Waals surface area contributed by atoms with E-state index in [1.54, 1.807) is 14.2 Å². The summed E-state index contributed by atoms with van der Waals surface area (Å²) in [7, 11) is 3.21. The highest BCUT2D eigenvalue weighted by atomic mass is 16.6. The zero-order valence-corrected chi connectivity index (χ0v) is 19.4. The molecule has 0 bridgehead atoms. The molecule has 1 aromatic heterocycles. The predicted molar refractivity (Wildman–Crippen MR) is 116 cm³/mol. The highest BCUT2D eigenvalue weighted by Crippen LogP contribution is 2.59. The van der Waals surface area contributed by atoms with Crippen LogP contribution in [-0.4, -0.2) is 72.8 Å². The molecule has 1 saturated carbocycles. The molecule has 4 rings (SSSR count). The van der Waals surface area contributed by atoms with Crippen LogP contribution in [0.5, 0.6) is 5.75 Å². The van der Waals surface area contributed by atoms with E-state index in [1.807, 2.05) is 0 Å². The Kier molecular flexibility index (Phi) is 6.42. The number of esters is 1. The molecular weight excluding hydrogens is 414 g/mol. The molecule has 1 spiro atoms. The lowest BCUT2D eigenvalue weighted by Gasteiger charge is -2.42. The molecule has 32 heavy (non-hydrogen) atoms. The van der Waals surface area contributed by atoms with Crippen molar-refractivity contribution in [2.24, 2.45) is 5.92 Å². The van der Waals surface area contributed by atoms with Crippen molar-refractivity contribution in [3.05, 3.63) is 24.0 Å². The summed E-state index contributed by atoms with van der Waals surface area (Å²) in [5, 5.41) is 2.89. The molecule has 6 atom stereocenters. The molecule has 1 N–H and O–H groups in total. The Hall–Kier alpha value is -2.23. The number of aromatic nitrogens is 2. The van der Waals surface area contributed by atoms with Gasteiger partial charge in [-0.05, 0) is 40.0 Å². The van der Waals surface area contributed by atoms with E-state index in [1.165, 1.54) is 18.0 Å². The number of carbonyl (C=O) groups excluding carboxylic acids is 1. The largest absolute Gasteiger partial charge is 0.494 e. The molecule has 1 unspecified atom stereocenters. The fraction of sp³-hybridized carbons (Fsp3) is 0.696. The van der Waals surface area contributed by atoms with Crippen LogP contribution < -0.4 is 10.1 Å². The summed E-state index contributed by atoms with van der Waals surface area (Å²) in [6.07, 6.45) is 7.08. The van der Waals surface area contributed by atoms with Gasteiger partial charge in [0.2, 0.25) is 5.95 Å². The van der Waals surface area contributed by atoms with Gasteiger partial charge in [0.25, 0.3) is 0 Å². The minimum atomic E-state index is -0.383. The number of rotatable bonds is 9. The van der Waals surface area contributed by atoms with E-state index in [4.69, 9.17) is 23.7 Å². The number of nitrogens with zero attached hydrogens (tertiary/aromatic N) is 2. The number of nitrogens with one attached hydrogen (secondary N) is 1. The summed E-state index contributed by atoms with van der Waals surface area (Å²) in [6.45, 7) is 6.96. The number of carbonyl (C=O) groups is 1. The van der Waals surface area contributed by atoms with Crippen LogP contribution in [0.15, 0.2) is 24.0 Å². The van der Waals surface area contributed by atoms with Crippen LogP contribution in [0.2, 0.25) is 0 Å². The number of ether oxygens (including phenoxy) is 5. The van der Waals surface area contributed by atoms with Crippen molar-refractivity contribution in [3.8, 4) is 5.75 Å². The number of methoxy groups -OCH3 is 2. The van der Waals surface area contributed by atoms with Gasteiger partial charge in [0.05, 0.1) is 38.1 Å². The van der Waals surface area contributed by atoms with Crippen LogP contribution in [0.1, 0.15) is 40.0 Å². The van der Waals surface area contributed by atoms with Crippen molar-refractivity contribution in [1.82, 2.24) is 9.97 Å². The summed E-state index contributed by atoms with van der Waals surface area (Å²) in [4.78, 5) is 20.8. The molecule has 2 aliphatic heterocycles. The van der Waals surface area contributed by atoms with Gasteiger partial charge < -0.3 is 29.0 Å². The van der Waals surface area contributed by atoms with Crippen molar-refractivity contribution in [3.63, 3.8) is 0 Å². The van der Waals surface area contributed by atoms with Crippen LogP contribution in [0, 0.1) is 5.92 Å². The first kappa shape index (κ1) is 22.9. The second kappa shape index (κ2) is 8.96. The monoisotopic (exact) mass is 447 g/mol. The molecule has 2 saturated heterocycles. The van der Waals surface area contributed by atoms with Gasteiger partial charge in [-0.1, -0.05) is 11.6 Å². The molecule has 0 aromatic carbocycles. The molecule has 9 nitrogen and oxygen atoms in total. The van der Waals surface area contributed by atoms with E-state index >= 15 is 0 Å². The maximum atomic E-state index is 12.6. The normalized spacial score (nSPS) is 35.2. The van der Waals surface area contributed by atoms with Crippen molar-refractivity contribution in [2.75, 3.05) is 32.7 Å². The Labute approximate surface area is 188 Å². The molecule has 3 aliphatic rings. The van der Waals surface area contributed by atoms with Crippen LogP contribution in [0.25, 0.3) is 0 Å². The van der Waals surface area contributed by atoms with E-state index in [9.17, 15) is 4.79 Å². The van der Waals surface area contributed by atoms with Gasteiger partial charge in [0.1, 0.15) is 30.0 Å². The maximum Gasteiger partial charge on any atom is 0.325 e. The maximum absolute atomic E-state index is 12.6. The number of hydrogen-bond acceptors (Lipinski definition) is 9. The number of epoxide rings is 2. The third-order valence-electron chi connectivity index (χ3n) is 6.77. The molecule has 3 heterocycles. The average Bonchev–Trinajstić information content (AvgIpc) is 3.69. The molecule has 9 heteroatoms. The number of anilines is 1. The number of allylic oxidation sites excluding steroid dienone is 1. The zero-order chi connectivity index (χ0) is 22.9. The molecule has 0 radical (unpaired) electrons. The van der Waals surface area contributed by atoms with Gasteiger partial charge >= 0.3 is 5.97 Å². The van der Waals surface area contributed by atoms with E-state index in [0.717, 1.165) is 12.8 Å². The lowest BCUT2D eigenvalue weighted by Crippen LogP contribution is -2.55. The van der Waals surface area contributed by atoms with E-state index in [-0.39, 0.29) is 47.9 Å². The Balaban J connectivity index is 1.39. The van der Waals surface area contributed by atoms with Gasteiger partial charge in [-0.3, -0.25) is 4.79 Å². The highest BCUT2D eigenvalue weighted by Gasteiger charge is 2.72. The second-order valence-corrected chi connectivity index (χ2v) is 9.21. The average molecular weight is 448 g/mol. The lowest BCUT2D eigenvalue weighted by atomic mass is 9.68. The first-order valence-electron chi connectivity index (χ1n) is 11.1. The minimum absolute atomic E-state index is 0.00000652. The van der Waals surface area contributed by atoms with Gasteiger partial charge in [0.15, 0.2) is 5.75 Å². The van der Waals surface area contributed by atoms with Gasteiger partial charge in [-0.15, -0.1) is 0 Å². The van der Waals surface area contributed by atoms with Crippen LogP contribution in [0.3, 0.4) is 0 Å². The summed E-state index contributed by atoms with van der Waals surface area (Å²) >= 11 is 0. The second-order valence-electron chi connectivity index (χ2n) is 9.21. The van der Waals surface area contributed by atoms with E-state index in [2.05, 4.69) is 42.1 Å². The summed E-state index contributed by atoms with van der Waals surface area (Å²) < 4.78 is 28.9. The van der Waals surface area contributed by atoms with Crippen LogP contribution in [-0.2, 0) is 23.7 Å². The third-order valence-corrected chi connectivity index (χ3v) is 6.77.